The highest BCUT2D eigenvalue weighted by molar-refractivity contribution is 8.00. The van der Waals surface area contributed by atoms with Gasteiger partial charge in [0.15, 0.2) is 5.13 Å². The molecule has 2 aromatic heterocycles. The van der Waals surface area contributed by atoms with Crippen LogP contribution in [0, 0.1) is 0 Å². The number of anilines is 1. The summed E-state index contributed by atoms with van der Waals surface area (Å²) in [5, 5.41) is 1.39. The van der Waals surface area contributed by atoms with Crippen molar-refractivity contribution in [2.75, 3.05) is 16.9 Å². The van der Waals surface area contributed by atoms with Crippen molar-refractivity contribution >= 4 is 67.7 Å². The Morgan fingerprint density at radius 2 is 1.93 bits per heavy atom. The van der Waals surface area contributed by atoms with E-state index in [0.29, 0.717) is 22.5 Å². The summed E-state index contributed by atoms with van der Waals surface area (Å²) in [4.78, 5) is 26.1. The summed E-state index contributed by atoms with van der Waals surface area (Å²) in [6, 6.07) is 17.5. The second-order valence-electron chi connectivity index (χ2n) is 6.41. The number of hydrogen-bond donors (Lipinski definition) is 0. The zero-order chi connectivity index (χ0) is 20.9. The SMILES string of the molecule is CSc1ccc2nc(N(Cc3cccnc3)C(=O)CSc3ccc(Cl)cc3)sc2c1. The van der Waals surface area contributed by atoms with E-state index in [1.165, 1.54) is 28.0 Å². The van der Waals surface area contributed by atoms with Gasteiger partial charge >= 0.3 is 0 Å². The van der Waals surface area contributed by atoms with Crippen LogP contribution in [0.5, 0.6) is 0 Å². The third kappa shape index (κ3) is 5.16. The fourth-order valence-corrected chi connectivity index (χ4v) is 5.26. The summed E-state index contributed by atoms with van der Waals surface area (Å²) in [6.07, 6.45) is 5.56. The van der Waals surface area contributed by atoms with Gasteiger partial charge in [-0.25, -0.2) is 4.98 Å². The summed E-state index contributed by atoms with van der Waals surface area (Å²) in [5.74, 6) is 0.316. The minimum absolute atomic E-state index is 0.00273. The van der Waals surface area contributed by atoms with Crippen LogP contribution in [0.3, 0.4) is 0 Å². The van der Waals surface area contributed by atoms with E-state index in [9.17, 15) is 4.79 Å². The topological polar surface area (TPSA) is 46.1 Å². The number of pyridine rings is 1. The van der Waals surface area contributed by atoms with E-state index in [-0.39, 0.29) is 5.91 Å². The fraction of sp³-hybridized carbons (Fsp3) is 0.136. The first-order chi connectivity index (χ1) is 14.6. The molecule has 0 fully saturated rings. The van der Waals surface area contributed by atoms with Crippen molar-refractivity contribution in [3.8, 4) is 0 Å². The van der Waals surface area contributed by atoms with E-state index < -0.39 is 0 Å². The molecule has 152 valence electrons. The molecule has 0 unspecified atom stereocenters. The lowest BCUT2D eigenvalue weighted by Crippen LogP contribution is -2.31. The van der Waals surface area contributed by atoms with Gasteiger partial charge in [-0.3, -0.25) is 14.7 Å². The third-order valence-corrected chi connectivity index (χ3v) is 7.37. The molecule has 4 rings (SSSR count). The third-order valence-electron chi connectivity index (χ3n) is 4.36. The van der Waals surface area contributed by atoms with Gasteiger partial charge in [0.05, 0.1) is 22.5 Å². The van der Waals surface area contributed by atoms with Crippen molar-refractivity contribution in [2.24, 2.45) is 0 Å². The minimum Gasteiger partial charge on any atom is -0.283 e. The number of benzene rings is 2. The monoisotopic (exact) mass is 471 g/mol. The van der Waals surface area contributed by atoms with Gasteiger partial charge in [0.25, 0.3) is 0 Å². The molecule has 4 nitrogen and oxygen atoms in total. The number of carbonyl (C=O) groups is 1. The first-order valence-electron chi connectivity index (χ1n) is 9.14. The summed E-state index contributed by atoms with van der Waals surface area (Å²) in [7, 11) is 0. The normalized spacial score (nSPS) is 11.0. The Labute approximate surface area is 192 Å². The molecule has 0 saturated heterocycles. The molecule has 0 N–H and O–H groups in total. The lowest BCUT2D eigenvalue weighted by atomic mass is 10.2. The van der Waals surface area contributed by atoms with Crippen LogP contribution in [-0.2, 0) is 11.3 Å². The zero-order valence-electron chi connectivity index (χ0n) is 16.1. The molecule has 8 heteroatoms. The van der Waals surface area contributed by atoms with Crippen molar-refractivity contribution in [2.45, 2.75) is 16.3 Å². The van der Waals surface area contributed by atoms with Crippen molar-refractivity contribution < 1.29 is 4.79 Å². The molecule has 30 heavy (non-hydrogen) atoms. The number of carbonyl (C=O) groups excluding carboxylic acids is 1. The molecule has 0 aliphatic carbocycles. The molecule has 0 spiro atoms. The highest BCUT2D eigenvalue weighted by atomic mass is 35.5. The highest BCUT2D eigenvalue weighted by Gasteiger charge is 2.21. The summed E-state index contributed by atoms with van der Waals surface area (Å²) in [5.41, 5.74) is 1.87. The van der Waals surface area contributed by atoms with Crippen LogP contribution in [0.15, 0.2) is 76.8 Å². The Hall–Kier alpha value is -2.06. The van der Waals surface area contributed by atoms with Crippen LogP contribution in [0.25, 0.3) is 10.2 Å². The number of aromatic nitrogens is 2. The van der Waals surface area contributed by atoms with Crippen molar-refractivity contribution in [3.05, 3.63) is 77.6 Å². The number of nitrogens with zero attached hydrogens (tertiary/aromatic N) is 3. The number of thioether (sulfide) groups is 2. The number of amides is 1. The summed E-state index contributed by atoms with van der Waals surface area (Å²) in [6.45, 7) is 0.434. The van der Waals surface area contributed by atoms with Crippen molar-refractivity contribution in [1.82, 2.24) is 9.97 Å². The van der Waals surface area contributed by atoms with Gasteiger partial charge < -0.3 is 0 Å². The van der Waals surface area contributed by atoms with E-state index in [0.717, 1.165) is 20.7 Å². The second-order valence-corrected chi connectivity index (χ2v) is 9.79. The molecule has 4 aromatic rings. The second kappa shape index (κ2) is 9.83. The maximum atomic E-state index is 13.2. The van der Waals surface area contributed by atoms with E-state index >= 15 is 0 Å². The van der Waals surface area contributed by atoms with Crippen LogP contribution < -0.4 is 4.90 Å². The van der Waals surface area contributed by atoms with Gasteiger partial charge in [-0.15, -0.1) is 23.5 Å². The van der Waals surface area contributed by atoms with Gasteiger partial charge in [-0.05, 0) is 60.4 Å². The Morgan fingerprint density at radius 3 is 2.67 bits per heavy atom. The van der Waals surface area contributed by atoms with E-state index in [2.05, 4.69) is 23.4 Å². The number of rotatable bonds is 7. The van der Waals surface area contributed by atoms with Gasteiger partial charge in [-0.2, -0.15) is 0 Å². The Balaban J connectivity index is 1.60. The number of thiazole rings is 1. The highest BCUT2D eigenvalue weighted by Crippen LogP contribution is 2.33. The van der Waals surface area contributed by atoms with E-state index in [4.69, 9.17) is 16.6 Å². The van der Waals surface area contributed by atoms with E-state index in [1.54, 1.807) is 29.1 Å². The van der Waals surface area contributed by atoms with Crippen molar-refractivity contribution in [3.63, 3.8) is 0 Å². The number of fused-ring (bicyclic) bond motifs is 1. The average molecular weight is 472 g/mol. The summed E-state index contributed by atoms with van der Waals surface area (Å²) < 4.78 is 1.08. The molecule has 2 heterocycles. The fourth-order valence-electron chi connectivity index (χ4n) is 2.83. The molecular formula is C22H18ClN3OS3. The predicted molar refractivity (Wildman–Crippen MR) is 129 cm³/mol. The molecule has 0 atom stereocenters. The molecular weight excluding hydrogens is 454 g/mol. The zero-order valence-corrected chi connectivity index (χ0v) is 19.3. The van der Waals surface area contributed by atoms with Crippen LogP contribution >= 0.6 is 46.5 Å². The first kappa shape index (κ1) is 21.2. The van der Waals surface area contributed by atoms with Gasteiger partial charge in [0.2, 0.25) is 5.91 Å². The molecule has 1 amide bonds. The molecule has 0 radical (unpaired) electrons. The van der Waals surface area contributed by atoms with Crippen LogP contribution in [0.2, 0.25) is 5.02 Å². The minimum atomic E-state index is 0.00273. The number of halogens is 1. The molecule has 0 aliphatic rings. The largest absolute Gasteiger partial charge is 0.283 e. The van der Waals surface area contributed by atoms with Crippen LogP contribution in [0.4, 0.5) is 5.13 Å². The first-order valence-corrected chi connectivity index (χ1v) is 12.5. The van der Waals surface area contributed by atoms with Crippen LogP contribution in [0.1, 0.15) is 5.56 Å². The van der Waals surface area contributed by atoms with Gasteiger partial charge in [0, 0.05) is 27.2 Å². The van der Waals surface area contributed by atoms with E-state index in [1.807, 2.05) is 42.5 Å². The Morgan fingerprint density at radius 1 is 1.13 bits per heavy atom. The Kier molecular flexibility index (Phi) is 6.94. The molecule has 0 aliphatic heterocycles. The van der Waals surface area contributed by atoms with Gasteiger partial charge in [0.1, 0.15) is 0 Å². The maximum Gasteiger partial charge on any atom is 0.239 e. The summed E-state index contributed by atoms with van der Waals surface area (Å²) >= 11 is 10.7. The predicted octanol–water partition coefficient (Wildman–Crippen LogP) is 6.39. The lowest BCUT2D eigenvalue weighted by Gasteiger charge is -2.19. The Bertz CT molecular complexity index is 1150. The van der Waals surface area contributed by atoms with Gasteiger partial charge in [-0.1, -0.05) is 29.0 Å². The smallest absolute Gasteiger partial charge is 0.239 e. The lowest BCUT2D eigenvalue weighted by molar-refractivity contribution is -0.116. The quantitative estimate of drug-likeness (QED) is 0.292. The standard InChI is InChI=1S/C22H18ClN3OS3/c1-28-18-8-9-19-20(11-18)30-22(25-19)26(13-15-3-2-10-24-12-15)21(27)14-29-17-6-4-16(23)5-7-17/h2-12H,13-14H2,1H3. The maximum absolute atomic E-state index is 13.2. The van der Waals surface area contributed by atoms with Crippen LogP contribution in [-0.4, -0.2) is 27.9 Å². The van der Waals surface area contributed by atoms with Crippen molar-refractivity contribution in [1.29, 1.82) is 0 Å². The molecule has 0 saturated carbocycles. The number of hydrogen-bond acceptors (Lipinski definition) is 6. The molecule has 0 bridgehead atoms. The molecule has 2 aromatic carbocycles. The average Bonchev–Trinajstić information content (AvgIpc) is 3.20.